The Morgan fingerprint density at radius 1 is 1.28 bits per heavy atom. The molecule has 8 nitrogen and oxygen atoms in total. The van der Waals surface area contributed by atoms with E-state index in [-0.39, 0.29) is 28.5 Å². The number of nitrogens with zero attached hydrogens (tertiary/aromatic N) is 4. The molecule has 1 aromatic carbocycles. The van der Waals surface area contributed by atoms with Crippen molar-refractivity contribution in [3.8, 4) is 5.88 Å². The summed E-state index contributed by atoms with van der Waals surface area (Å²) < 4.78 is 45.3. The quantitative estimate of drug-likeness (QED) is 0.704. The standard InChI is InChI=1S/C19H23FN4O4S/c1-4-16-17(20)18(22-12-21-16)28-14-9-10-24(11-14)19(25)13-5-7-15(8-6-13)29(26,27)23(2)3/h5-8,12,14H,4,9-11H2,1-3H3/t14-/m1/s1. The van der Waals surface area contributed by atoms with E-state index in [4.69, 9.17) is 4.74 Å². The van der Waals surface area contributed by atoms with Gasteiger partial charge in [0.05, 0.1) is 17.1 Å². The van der Waals surface area contributed by atoms with Crippen molar-refractivity contribution in [2.24, 2.45) is 0 Å². The first kappa shape index (κ1) is 21.1. The van der Waals surface area contributed by atoms with E-state index in [1.54, 1.807) is 11.8 Å². The molecule has 0 N–H and O–H groups in total. The van der Waals surface area contributed by atoms with Crippen LogP contribution in [-0.2, 0) is 16.4 Å². The lowest BCUT2D eigenvalue weighted by Gasteiger charge is -2.18. The van der Waals surface area contributed by atoms with Crippen molar-refractivity contribution in [1.29, 1.82) is 0 Å². The number of carbonyl (C=O) groups excluding carboxylic acids is 1. The predicted molar refractivity (Wildman–Crippen MR) is 104 cm³/mol. The highest BCUT2D eigenvalue weighted by atomic mass is 32.2. The average Bonchev–Trinajstić information content (AvgIpc) is 3.17. The molecule has 10 heteroatoms. The van der Waals surface area contributed by atoms with Gasteiger partial charge in [-0.1, -0.05) is 6.92 Å². The fourth-order valence-corrected chi connectivity index (χ4v) is 3.95. The number of likely N-dealkylation sites (tertiary alicyclic amines) is 1. The normalized spacial score (nSPS) is 17.0. The van der Waals surface area contributed by atoms with E-state index in [1.807, 2.05) is 0 Å². The van der Waals surface area contributed by atoms with E-state index < -0.39 is 15.8 Å². The first-order chi connectivity index (χ1) is 13.7. The Morgan fingerprint density at radius 2 is 1.97 bits per heavy atom. The lowest BCUT2D eigenvalue weighted by Crippen LogP contribution is -2.31. The number of rotatable bonds is 6. The number of aryl methyl sites for hydroxylation is 1. The van der Waals surface area contributed by atoms with E-state index in [2.05, 4.69) is 9.97 Å². The summed E-state index contributed by atoms with van der Waals surface area (Å²) in [7, 11) is -0.656. The van der Waals surface area contributed by atoms with Gasteiger partial charge in [-0.2, -0.15) is 9.37 Å². The van der Waals surface area contributed by atoms with Crippen LogP contribution >= 0.6 is 0 Å². The van der Waals surface area contributed by atoms with Gasteiger partial charge in [-0.15, -0.1) is 0 Å². The number of halogens is 1. The van der Waals surface area contributed by atoms with Crippen molar-refractivity contribution < 1.29 is 22.3 Å². The number of aromatic nitrogens is 2. The van der Waals surface area contributed by atoms with Crippen molar-refractivity contribution in [2.45, 2.75) is 30.8 Å². The molecule has 156 valence electrons. The van der Waals surface area contributed by atoms with Crippen LogP contribution in [0.25, 0.3) is 0 Å². The minimum atomic E-state index is -3.55. The zero-order chi connectivity index (χ0) is 21.2. The van der Waals surface area contributed by atoms with Gasteiger partial charge in [0.2, 0.25) is 15.8 Å². The molecule has 1 atom stereocenters. The number of hydrogen-bond donors (Lipinski definition) is 0. The smallest absolute Gasteiger partial charge is 0.254 e. The summed E-state index contributed by atoms with van der Waals surface area (Å²) in [5.41, 5.74) is 0.665. The van der Waals surface area contributed by atoms with Crippen LogP contribution in [0, 0.1) is 5.82 Å². The highest BCUT2D eigenvalue weighted by molar-refractivity contribution is 7.89. The highest BCUT2D eigenvalue weighted by Gasteiger charge is 2.30. The van der Waals surface area contributed by atoms with Crippen molar-refractivity contribution in [2.75, 3.05) is 27.2 Å². The predicted octanol–water partition coefficient (Wildman–Crippen LogP) is 1.72. The molecule has 0 bridgehead atoms. The van der Waals surface area contributed by atoms with Gasteiger partial charge in [-0.25, -0.2) is 17.7 Å². The van der Waals surface area contributed by atoms with Gasteiger partial charge >= 0.3 is 0 Å². The van der Waals surface area contributed by atoms with Crippen LogP contribution < -0.4 is 4.74 Å². The Bertz CT molecular complexity index is 996. The number of carbonyl (C=O) groups is 1. The van der Waals surface area contributed by atoms with Gasteiger partial charge < -0.3 is 9.64 Å². The molecule has 0 aliphatic carbocycles. The van der Waals surface area contributed by atoms with E-state index in [9.17, 15) is 17.6 Å². The highest BCUT2D eigenvalue weighted by Crippen LogP contribution is 2.22. The van der Waals surface area contributed by atoms with Gasteiger partial charge in [0, 0.05) is 32.6 Å². The molecular formula is C19H23FN4O4S. The van der Waals surface area contributed by atoms with Crippen molar-refractivity contribution in [3.63, 3.8) is 0 Å². The first-order valence-corrected chi connectivity index (χ1v) is 10.7. The van der Waals surface area contributed by atoms with Crippen LogP contribution in [-0.4, -0.2) is 66.8 Å². The Balaban J connectivity index is 1.67. The van der Waals surface area contributed by atoms with Gasteiger partial charge in [0.1, 0.15) is 12.4 Å². The number of benzene rings is 1. The topological polar surface area (TPSA) is 92.7 Å². The molecule has 1 aliphatic heterocycles. The zero-order valence-electron chi connectivity index (χ0n) is 16.5. The third kappa shape index (κ3) is 4.38. The molecule has 0 unspecified atom stereocenters. The lowest BCUT2D eigenvalue weighted by atomic mass is 10.2. The summed E-state index contributed by atoms with van der Waals surface area (Å²) in [5.74, 6) is -0.908. The third-order valence-corrected chi connectivity index (χ3v) is 6.58. The van der Waals surface area contributed by atoms with Crippen LogP contribution in [0.1, 0.15) is 29.4 Å². The summed E-state index contributed by atoms with van der Waals surface area (Å²) in [4.78, 5) is 22.2. The second kappa shape index (κ2) is 8.42. The number of hydrogen-bond acceptors (Lipinski definition) is 6. The number of amides is 1. The van der Waals surface area contributed by atoms with E-state index in [0.29, 0.717) is 31.5 Å². The maximum atomic E-state index is 14.3. The summed E-state index contributed by atoms with van der Waals surface area (Å²) in [6, 6.07) is 5.80. The summed E-state index contributed by atoms with van der Waals surface area (Å²) in [5, 5.41) is 0. The van der Waals surface area contributed by atoms with Crippen molar-refractivity contribution >= 4 is 15.9 Å². The fraction of sp³-hybridized carbons (Fsp3) is 0.421. The van der Waals surface area contributed by atoms with E-state index in [0.717, 1.165) is 4.31 Å². The molecular weight excluding hydrogens is 399 g/mol. The second-order valence-electron chi connectivity index (χ2n) is 6.88. The van der Waals surface area contributed by atoms with Gasteiger partial charge in [-0.3, -0.25) is 4.79 Å². The molecule has 1 aromatic heterocycles. The molecule has 1 saturated heterocycles. The molecule has 0 radical (unpaired) electrons. The van der Waals surface area contributed by atoms with Crippen LogP contribution in [0.15, 0.2) is 35.5 Å². The third-order valence-electron chi connectivity index (χ3n) is 4.75. The molecule has 3 rings (SSSR count). The minimum absolute atomic E-state index is 0.102. The Hall–Kier alpha value is -2.59. The molecule has 2 heterocycles. The molecule has 1 amide bonds. The van der Waals surface area contributed by atoms with Crippen LogP contribution in [0.2, 0.25) is 0 Å². The average molecular weight is 422 g/mol. The second-order valence-corrected chi connectivity index (χ2v) is 9.04. The largest absolute Gasteiger partial charge is 0.470 e. The monoisotopic (exact) mass is 422 g/mol. The van der Waals surface area contributed by atoms with E-state index in [1.165, 1.54) is 44.7 Å². The molecule has 1 fully saturated rings. The molecule has 2 aromatic rings. The van der Waals surface area contributed by atoms with Gasteiger partial charge in [0.25, 0.3) is 11.8 Å². The maximum absolute atomic E-state index is 14.3. The summed E-state index contributed by atoms with van der Waals surface area (Å²) in [6.45, 7) is 2.54. The first-order valence-electron chi connectivity index (χ1n) is 9.22. The van der Waals surface area contributed by atoms with Gasteiger partial charge in [0.15, 0.2) is 0 Å². The SMILES string of the molecule is CCc1ncnc(O[C@@H]2CCN(C(=O)c3ccc(S(=O)(=O)N(C)C)cc3)C2)c1F. The Kier molecular flexibility index (Phi) is 6.13. The lowest BCUT2D eigenvalue weighted by molar-refractivity contribution is 0.0770. The maximum Gasteiger partial charge on any atom is 0.254 e. The zero-order valence-corrected chi connectivity index (χ0v) is 17.3. The molecule has 29 heavy (non-hydrogen) atoms. The van der Waals surface area contributed by atoms with Crippen molar-refractivity contribution in [3.05, 3.63) is 47.7 Å². The van der Waals surface area contributed by atoms with Crippen molar-refractivity contribution in [1.82, 2.24) is 19.2 Å². The van der Waals surface area contributed by atoms with E-state index >= 15 is 0 Å². The Morgan fingerprint density at radius 3 is 2.59 bits per heavy atom. The molecule has 0 spiro atoms. The summed E-state index contributed by atoms with van der Waals surface area (Å²) >= 11 is 0. The molecule has 1 aliphatic rings. The van der Waals surface area contributed by atoms with Gasteiger partial charge in [-0.05, 0) is 30.7 Å². The fourth-order valence-electron chi connectivity index (χ4n) is 3.05. The Labute approximate surface area is 169 Å². The van der Waals surface area contributed by atoms with Crippen LogP contribution in [0.4, 0.5) is 4.39 Å². The summed E-state index contributed by atoms with van der Waals surface area (Å²) in [6.07, 6.45) is 1.86. The van der Waals surface area contributed by atoms with Crippen LogP contribution in [0.5, 0.6) is 5.88 Å². The number of sulfonamides is 1. The molecule has 0 saturated carbocycles. The number of ether oxygens (including phenoxy) is 1. The van der Waals surface area contributed by atoms with Crippen LogP contribution in [0.3, 0.4) is 0 Å². The minimum Gasteiger partial charge on any atom is -0.470 e.